The van der Waals surface area contributed by atoms with Crippen LogP contribution in [0.5, 0.6) is 0 Å². The third-order valence-corrected chi connectivity index (χ3v) is 7.07. The maximum Gasteiger partial charge on any atom is 0.342 e. The van der Waals surface area contributed by atoms with Gasteiger partial charge < -0.3 is 48.7 Å². The zero-order valence-corrected chi connectivity index (χ0v) is 23.3. The van der Waals surface area contributed by atoms with E-state index >= 15 is 0 Å². The van der Waals surface area contributed by atoms with Gasteiger partial charge in [-0.25, -0.2) is 4.79 Å². The number of nitrogens with one attached hydrogen (secondary N) is 1. The highest BCUT2D eigenvalue weighted by molar-refractivity contribution is 7.80. The van der Waals surface area contributed by atoms with E-state index in [9.17, 15) is 49.2 Å². The maximum absolute atomic E-state index is 13.9. The second kappa shape index (κ2) is 14.5. The summed E-state index contributed by atoms with van der Waals surface area (Å²) in [5, 5.41) is 44.7. The third kappa shape index (κ3) is 6.42. The first-order valence-electron chi connectivity index (χ1n) is 12.6. The number of carboxylic acids is 1. The average molecular weight is 593 g/mol. The van der Waals surface area contributed by atoms with Crippen LogP contribution in [0.15, 0.2) is 0 Å². The van der Waals surface area contributed by atoms with Crippen LogP contribution in [0.1, 0.15) is 33.1 Å². The lowest BCUT2D eigenvalue weighted by Gasteiger charge is -2.49. The van der Waals surface area contributed by atoms with Crippen molar-refractivity contribution in [3.63, 3.8) is 0 Å². The van der Waals surface area contributed by atoms with E-state index in [1.165, 1.54) is 0 Å². The number of aliphatic carboxylic acids is 1. The molecule has 1 rings (SSSR count). The van der Waals surface area contributed by atoms with Crippen molar-refractivity contribution in [1.29, 1.82) is 0 Å². The monoisotopic (exact) mass is 592 g/mol. The molecule has 7 atom stereocenters. The number of hydrogen-bond acceptors (Lipinski definition) is 15. The minimum absolute atomic E-state index is 0.0258. The summed E-state index contributed by atoms with van der Waals surface area (Å²) in [6.07, 6.45) is 0.136. The first-order chi connectivity index (χ1) is 18.5. The SMILES string of the molecule is CC(C)CC(N)C(=O)C(O)(C(=O)C(N)CO)C(C(=O)O)(C(=O)C(N)CO)N(C(=O)C(N)CS)C(=O)C1CCCN1. The van der Waals surface area contributed by atoms with Gasteiger partial charge in [-0.2, -0.15) is 12.6 Å². The molecule has 7 unspecified atom stereocenters. The van der Waals surface area contributed by atoms with Crippen LogP contribution < -0.4 is 28.3 Å². The second-order valence-electron chi connectivity index (χ2n) is 10.1. The zero-order valence-electron chi connectivity index (χ0n) is 22.4. The molecule has 0 aromatic carbocycles. The maximum atomic E-state index is 13.9. The van der Waals surface area contributed by atoms with E-state index in [1.807, 2.05) is 0 Å². The van der Waals surface area contributed by atoms with E-state index in [4.69, 9.17) is 22.9 Å². The summed E-state index contributed by atoms with van der Waals surface area (Å²) < 4.78 is 0. The number of carbonyl (C=O) groups excluding carboxylic acids is 5. The van der Waals surface area contributed by atoms with Gasteiger partial charge in [0.15, 0.2) is 17.3 Å². The molecular weight excluding hydrogens is 552 g/mol. The first-order valence-corrected chi connectivity index (χ1v) is 13.2. The molecule has 1 fully saturated rings. The molecule has 1 aliphatic heterocycles. The molecule has 228 valence electrons. The van der Waals surface area contributed by atoms with Gasteiger partial charge in [0.25, 0.3) is 5.54 Å². The molecule has 0 aromatic heterocycles. The van der Waals surface area contributed by atoms with Crippen molar-refractivity contribution in [2.75, 3.05) is 25.5 Å². The largest absolute Gasteiger partial charge is 0.479 e. The Bertz CT molecular complexity index is 993. The van der Waals surface area contributed by atoms with Crippen LogP contribution in [0, 0.1) is 5.92 Å². The molecule has 1 heterocycles. The van der Waals surface area contributed by atoms with Crippen molar-refractivity contribution in [2.24, 2.45) is 28.9 Å². The lowest BCUT2D eigenvalue weighted by Crippen LogP contribution is -2.85. The van der Waals surface area contributed by atoms with Gasteiger partial charge in [0, 0.05) is 5.75 Å². The van der Waals surface area contributed by atoms with Gasteiger partial charge in [-0.05, 0) is 31.7 Å². The molecule has 0 aromatic rings. The average Bonchev–Trinajstić information content (AvgIpc) is 3.46. The first kappa shape index (κ1) is 35.7. The minimum Gasteiger partial charge on any atom is -0.479 e. The molecule has 0 bridgehead atoms. The van der Waals surface area contributed by atoms with Gasteiger partial charge in [-0.1, -0.05) is 13.8 Å². The lowest BCUT2D eigenvalue weighted by atomic mass is 9.65. The molecule has 13 N–H and O–H groups in total. The van der Waals surface area contributed by atoms with Gasteiger partial charge in [0.05, 0.1) is 43.4 Å². The fourth-order valence-corrected chi connectivity index (χ4v) is 4.76. The number of thiol groups is 1. The van der Waals surface area contributed by atoms with Crippen LogP contribution in [0.4, 0.5) is 0 Å². The summed E-state index contributed by atoms with van der Waals surface area (Å²) in [5.41, 5.74) is 14.7. The highest BCUT2D eigenvalue weighted by atomic mass is 32.1. The van der Waals surface area contributed by atoms with Crippen molar-refractivity contribution < 1.29 is 49.2 Å². The number of amides is 2. The van der Waals surface area contributed by atoms with Crippen molar-refractivity contribution in [1.82, 2.24) is 10.2 Å². The Morgan fingerprint density at radius 1 is 0.925 bits per heavy atom. The Labute approximate surface area is 236 Å². The molecule has 0 spiro atoms. The Hall–Kier alpha value is -2.35. The number of nitrogens with two attached hydrogens (primary N) is 4. The van der Waals surface area contributed by atoms with Crippen LogP contribution >= 0.6 is 12.6 Å². The fourth-order valence-electron chi connectivity index (χ4n) is 4.60. The number of imide groups is 1. The summed E-state index contributed by atoms with van der Waals surface area (Å²) in [4.78, 5) is 82.0. The normalized spacial score (nSPS) is 21.4. The molecule has 1 aliphatic rings. The Morgan fingerprint density at radius 3 is 1.82 bits per heavy atom. The number of aliphatic hydroxyl groups is 3. The summed E-state index contributed by atoms with van der Waals surface area (Å²) in [7, 11) is 0. The van der Waals surface area contributed by atoms with E-state index < -0.39 is 95.4 Å². The van der Waals surface area contributed by atoms with Crippen molar-refractivity contribution in [2.45, 2.75) is 74.5 Å². The van der Waals surface area contributed by atoms with Crippen molar-refractivity contribution in [3.8, 4) is 0 Å². The molecular formula is C23H40N6O10S. The van der Waals surface area contributed by atoms with E-state index in [0.29, 0.717) is 6.42 Å². The van der Waals surface area contributed by atoms with Crippen LogP contribution in [0.3, 0.4) is 0 Å². The van der Waals surface area contributed by atoms with Gasteiger partial charge in [0.2, 0.25) is 17.4 Å². The van der Waals surface area contributed by atoms with Crippen molar-refractivity contribution in [3.05, 3.63) is 0 Å². The number of ketones is 3. The molecule has 0 radical (unpaired) electrons. The topological polar surface area (TPSA) is 303 Å². The van der Waals surface area contributed by atoms with Gasteiger partial charge >= 0.3 is 5.97 Å². The number of nitrogens with zero attached hydrogens (tertiary/aromatic N) is 1. The smallest absolute Gasteiger partial charge is 0.342 e. The van der Waals surface area contributed by atoms with E-state index in [-0.39, 0.29) is 30.2 Å². The summed E-state index contributed by atoms with van der Waals surface area (Å²) in [5.74, 6) is -12.2. The Kier molecular flexibility index (Phi) is 12.9. The molecule has 0 aliphatic carbocycles. The molecule has 16 nitrogen and oxygen atoms in total. The van der Waals surface area contributed by atoms with Crippen LogP contribution in [0.2, 0.25) is 0 Å². The predicted molar refractivity (Wildman–Crippen MR) is 143 cm³/mol. The third-order valence-electron chi connectivity index (χ3n) is 6.68. The number of Topliss-reactive ketones (excluding diaryl/α,β-unsaturated/α-hetero) is 3. The van der Waals surface area contributed by atoms with E-state index in [1.54, 1.807) is 13.8 Å². The predicted octanol–water partition coefficient (Wildman–Crippen LogP) is -5.37. The number of carbonyl (C=O) groups is 6. The molecule has 1 saturated heterocycles. The summed E-state index contributed by atoms with van der Waals surface area (Å²) >= 11 is 3.89. The fraction of sp³-hybridized carbons (Fsp3) is 0.739. The Balaban J connectivity index is 4.42. The number of rotatable bonds is 16. The van der Waals surface area contributed by atoms with Gasteiger partial charge in [0.1, 0.15) is 0 Å². The highest BCUT2D eigenvalue weighted by Gasteiger charge is 2.76. The Morgan fingerprint density at radius 2 is 1.43 bits per heavy atom. The lowest BCUT2D eigenvalue weighted by molar-refractivity contribution is -0.196. The second-order valence-corrected chi connectivity index (χ2v) is 10.4. The van der Waals surface area contributed by atoms with Gasteiger partial charge in [-0.15, -0.1) is 0 Å². The number of hydrogen-bond donors (Lipinski definition) is 10. The van der Waals surface area contributed by atoms with Crippen LogP contribution in [-0.2, 0) is 28.8 Å². The quantitative estimate of drug-likeness (QED) is 0.0591. The van der Waals surface area contributed by atoms with Gasteiger partial charge in [-0.3, -0.25) is 28.9 Å². The molecule has 2 amide bonds. The van der Waals surface area contributed by atoms with E-state index in [2.05, 4.69) is 17.9 Å². The number of aliphatic hydroxyl groups excluding tert-OH is 2. The molecule has 17 heteroatoms. The standard InChI is InChI=1S/C23H40N6O10S/c1-10(2)6-11(24)17(33)23(39,18(34)13(26)8-31)22(21(37)38,16(32)12(25)7-30)29(19(35)14(27)9-40)20(36)15-4-3-5-28-15/h10-15,28,30-31,39-40H,3-9,24-27H2,1-2H3,(H,37,38). The summed E-state index contributed by atoms with van der Waals surface area (Å²) in [6.45, 7) is 0.875. The summed E-state index contributed by atoms with van der Waals surface area (Å²) in [6, 6.07) is -9.42. The highest BCUT2D eigenvalue weighted by Crippen LogP contribution is 2.38. The van der Waals surface area contributed by atoms with Crippen molar-refractivity contribution >= 4 is 47.8 Å². The van der Waals surface area contributed by atoms with Crippen LogP contribution in [0.25, 0.3) is 0 Å². The van der Waals surface area contributed by atoms with E-state index in [0.717, 1.165) is 0 Å². The minimum atomic E-state index is -4.20. The molecule has 0 saturated carbocycles. The zero-order chi connectivity index (χ0) is 31.2. The number of carboxylic acid groups (broad SMARTS) is 1. The van der Waals surface area contributed by atoms with Crippen LogP contribution in [-0.4, -0.2) is 127 Å². The molecule has 40 heavy (non-hydrogen) atoms.